The molecule has 132 valence electrons. The van der Waals surface area contributed by atoms with Crippen molar-refractivity contribution in [2.75, 3.05) is 26.3 Å². The van der Waals surface area contributed by atoms with Gasteiger partial charge in [-0.25, -0.2) is 9.59 Å². The van der Waals surface area contributed by atoms with Gasteiger partial charge in [0.1, 0.15) is 12.2 Å². The Balaban J connectivity index is 1.66. The van der Waals surface area contributed by atoms with Crippen molar-refractivity contribution in [3.05, 3.63) is 0 Å². The Morgan fingerprint density at radius 2 is 1.83 bits per heavy atom. The highest BCUT2D eigenvalue weighted by atomic mass is 16.6. The van der Waals surface area contributed by atoms with Gasteiger partial charge >= 0.3 is 12.1 Å². The van der Waals surface area contributed by atoms with Crippen molar-refractivity contribution in [3.8, 4) is 0 Å². The van der Waals surface area contributed by atoms with Gasteiger partial charge in [0.25, 0.3) is 0 Å². The topological polar surface area (TPSA) is 65.1 Å². The summed E-state index contributed by atoms with van der Waals surface area (Å²) in [6, 6.07) is 0. The Labute approximate surface area is 138 Å². The molecule has 23 heavy (non-hydrogen) atoms. The van der Waals surface area contributed by atoms with E-state index in [1.807, 2.05) is 20.8 Å². The SMILES string of the molecule is CCOC(=O)COC1CC1C1CCN(C(=O)OC(C)(C)C)CC1. The van der Waals surface area contributed by atoms with Gasteiger partial charge in [-0.3, -0.25) is 0 Å². The van der Waals surface area contributed by atoms with Crippen LogP contribution in [0.4, 0.5) is 4.79 Å². The minimum Gasteiger partial charge on any atom is -0.464 e. The van der Waals surface area contributed by atoms with Crippen LogP contribution < -0.4 is 0 Å². The van der Waals surface area contributed by atoms with Crippen LogP contribution in [0, 0.1) is 11.8 Å². The van der Waals surface area contributed by atoms with Gasteiger partial charge in [-0.05, 0) is 58.8 Å². The number of likely N-dealkylation sites (tertiary alicyclic amines) is 1. The summed E-state index contributed by atoms with van der Waals surface area (Å²) in [4.78, 5) is 25.1. The summed E-state index contributed by atoms with van der Waals surface area (Å²) in [5.41, 5.74) is -0.448. The lowest BCUT2D eigenvalue weighted by atomic mass is 9.92. The lowest BCUT2D eigenvalue weighted by molar-refractivity contribution is -0.149. The molecule has 0 spiro atoms. The number of esters is 1. The number of hydrogen-bond donors (Lipinski definition) is 0. The zero-order chi connectivity index (χ0) is 17.0. The Morgan fingerprint density at radius 3 is 2.39 bits per heavy atom. The summed E-state index contributed by atoms with van der Waals surface area (Å²) < 4.78 is 15.9. The summed E-state index contributed by atoms with van der Waals surface area (Å²) in [5, 5.41) is 0. The van der Waals surface area contributed by atoms with Crippen LogP contribution in [0.2, 0.25) is 0 Å². The van der Waals surface area contributed by atoms with Crippen molar-refractivity contribution in [1.82, 2.24) is 4.90 Å². The van der Waals surface area contributed by atoms with E-state index in [0.29, 0.717) is 18.4 Å². The second kappa shape index (κ2) is 7.51. The fourth-order valence-corrected chi connectivity index (χ4v) is 3.09. The first kappa shape index (κ1) is 18.0. The maximum atomic E-state index is 12.0. The van der Waals surface area contributed by atoms with Crippen molar-refractivity contribution in [3.63, 3.8) is 0 Å². The molecule has 0 aromatic carbocycles. The molecule has 0 aromatic heterocycles. The van der Waals surface area contributed by atoms with E-state index in [9.17, 15) is 9.59 Å². The van der Waals surface area contributed by atoms with Gasteiger partial charge in [0.05, 0.1) is 12.7 Å². The van der Waals surface area contributed by atoms with Gasteiger partial charge < -0.3 is 19.1 Å². The molecule has 1 heterocycles. The second-order valence-electron chi connectivity index (χ2n) is 7.36. The van der Waals surface area contributed by atoms with Gasteiger partial charge in [0.2, 0.25) is 0 Å². The van der Waals surface area contributed by atoms with E-state index in [-0.39, 0.29) is 24.8 Å². The number of rotatable bonds is 5. The maximum absolute atomic E-state index is 12.0. The Morgan fingerprint density at radius 1 is 1.17 bits per heavy atom. The monoisotopic (exact) mass is 327 g/mol. The van der Waals surface area contributed by atoms with Crippen molar-refractivity contribution in [2.45, 2.75) is 58.7 Å². The number of hydrogen-bond acceptors (Lipinski definition) is 5. The van der Waals surface area contributed by atoms with Gasteiger partial charge in [0.15, 0.2) is 0 Å². The quantitative estimate of drug-likeness (QED) is 0.726. The van der Waals surface area contributed by atoms with Crippen molar-refractivity contribution < 1.29 is 23.8 Å². The fraction of sp³-hybridized carbons (Fsp3) is 0.882. The molecule has 6 heteroatoms. The lowest BCUT2D eigenvalue weighted by Gasteiger charge is -2.33. The molecule has 2 unspecified atom stereocenters. The molecule has 1 aliphatic heterocycles. The predicted octanol–water partition coefficient (Wildman–Crippen LogP) is 2.60. The highest BCUT2D eigenvalue weighted by molar-refractivity contribution is 5.70. The Hall–Kier alpha value is -1.30. The Bertz CT molecular complexity index is 423. The maximum Gasteiger partial charge on any atom is 0.410 e. The van der Waals surface area contributed by atoms with E-state index >= 15 is 0 Å². The molecule has 1 saturated carbocycles. The van der Waals surface area contributed by atoms with Gasteiger partial charge in [-0.15, -0.1) is 0 Å². The average Bonchev–Trinajstić information content (AvgIpc) is 3.23. The van der Waals surface area contributed by atoms with Crippen molar-refractivity contribution >= 4 is 12.1 Å². The first-order valence-electron chi connectivity index (χ1n) is 8.55. The van der Waals surface area contributed by atoms with E-state index in [1.54, 1.807) is 11.8 Å². The van der Waals surface area contributed by atoms with Crippen LogP contribution >= 0.6 is 0 Å². The number of piperidine rings is 1. The smallest absolute Gasteiger partial charge is 0.410 e. The number of amides is 1. The second-order valence-corrected chi connectivity index (χ2v) is 7.36. The minimum atomic E-state index is -0.448. The number of carbonyl (C=O) groups is 2. The van der Waals surface area contributed by atoms with Crippen LogP contribution in [0.3, 0.4) is 0 Å². The first-order chi connectivity index (χ1) is 10.8. The molecule has 2 fully saturated rings. The first-order valence-corrected chi connectivity index (χ1v) is 8.55. The molecule has 0 bridgehead atoms. The molecule has 1 aliphatic carbocycles. The molecule has 2 rings (SSSR count). The van der Waals surface area contributed by atoms with Crippen LogP contribution in [-0.2, 0) is 19.0 Å². The molecular weight excluding hydrogens is 298 g/mol. The zero-order valence-corrected chi connectivity index (χ0v) is 14.7. The van der Waals surface area contributed by atoms with E-state index < -0.39 is 5.60 Å². The summed E-state index contributed by atoms with van der Waals surface area (Å²) in [6.07, 6.45) is 2.92. The number of nitrogens with zero attached hydrogens (tertiary/aromatic N) is 1. The summed E-state index contributed by atoms with van der Waals surface area (Å²) >= 11 is 0. The average molecular weight is 327 g/mol. The third-order valence-electron chi connectivity index (χ3n) is 4.30. The van der Waals surface area contributed by atoms with Crippen molar-refractivity contribution in [2.24, 2.45) is 11.8 Å². The molecule has 0 radical (unpaired) electrons. The van der Waals surface area contributed by atoms with Crippen LogP contribution in [0.25, 0.3) is 0 Å². The standard InChI is InChI=1S/C17H29NO5/c1-5-21-15(19)11-22-14-10-13(14)12-6-8-18(9-7-12)16(20)23-17(2,3)4/h12-14H,5-11H2,1-4H3. The van der Waals surface area contributed by atoms with Crippen LogP contribution in [0.5, 0.6) is 0 Å². The lowest BCUT2D eigenvalue weighted by Crippen LogP contribution is -2.42. The highest BCUT2D eigenvalue weighted by Crippen LogP contribution is 2.44. The van der Waals surface area contributed by atoms with E-state index in [0.717, 1.165) is 32.4 Å². The zero-order valence-electron chi connectivity index (χ0n) is 14.7. The van der Waals surface area contributed by atoms with E-state index in [4.69, 9.17) is 14.2 Å². The largest absolute Gasteiger partial charge is 0.464 e. The highest BCUT2D eigenvalue weighted by Gasteiger charge is 2.45. The number of carbonyl (C=O) groups excluding carboxylic acids is 2. The van der Waals surface area contributed by atoms with Crippen molar-refractivity contribution in [1.29, 1.82) is 0 Å². The molecular formula is C17H29NO5. The third kappa shape index (κ3) is 5.68. The van der Waals surface area contributed by atoms with Gasteiger partial charge in [-0.1, -0.05) is 0 Å². The van der Waals surface area contributed by atoms with Crippen LogP contribution in [-0.4, -0.2) is 55.0 Å². The summed E-state index contributed by atoms with van der Waals surface area (Å²) in [7, 11) is 0. The normalized spacial score (nSPS) is 25.1. The van der Waals surface area contributed by atoms with E-state index in [1.165, 1.54) is 0 Å². The van der Waals surface area contributed by atoms with Gasteiger partial charge in [-0.2, -0.15) is 0 Å². The molecule has 2 atom stereocenters. The van der Waals surface area contributed by atoms with Crippen LogP contribution in [0.1, 0.15) is 47.0 Å². The Kier molecular flexibility index (Phi) is 5.89. The number of ether oxygens (including phenoxy) is 3. The molecule has 1 saturated heterocycles. The van der Waals surface area contributed by atoms with E-state index in [2.05, 4.69) is 0 Å². The van der Waals surface area contributed by atoms with Gasteiger partial charge in [0, 0.05) is 13.1 Å². The molecule has 0 aromatic rings. The molecule has 6 nitrogen and oxygen atoms in total. The molecule has 2 aliphatic rings. The predicted molar refractivity (Wildman–Crippen MR) is 85.0 cm³/mol. The minimum absolute atomic E-state index is 0.0474. The molecule has 0 N–H and O–H groups in total. The van der Waals surface area contributed by atoms with Crippen LogP contribution in [0.15, 0.2) is 0 Å². The third-order valence-corrected chi connectivity index (χ3v) is 4.30. The summed E-state index contributed by atoms with van der Waals surface area (Å²) in [6.45, 7) is 9.34. The molecule has 1 amide bonds. The summed E-state index contributed by atoms with van der Waals surface area (Å²) in [5.74, 6) is 0.795. The fourth-order valence-electron chi connectivity index (χ4n) is 3.09.